The summed E-state index contributed by atoms with van der Waals surface area (Å²) < 4.78 is 0. The Morgan fingerprint density at radius 1 is 1.17 bits per heavy atom. The predicted molar refractivity (Wildman–Crippen MR) is 52.8 cm³/mol. The van der Waals surface area contributed by atoms with Crippen molar-refractivity contribution in [1.29, 1.82) is 0 Å². The number of fused-ring (bicyclic) bond motifs is 1. The van der Waals surface area contributed by atoms with Crippen molar-refractivity contribution in [3.63, 3.8) is 0 Å². The molecule has 1 aromatic rings. The van der Waals surface area contributed by atoms with E-state index in [-0.39, 0.29) is 0 Å². The minimum absolute atomic E-state index is 1.27. The van der Waals surface area contributed by atoms with E-state index in [4.69, 9.17) is 0 Å². The third-order valence-corrected chi connectivity index (χ3v) is 2.60. The van der Waals surface area contributed by atoms with E-state index < -0.39 is 0 Å². The molecule has 2 rings (SSSR count). The topological polar surface area (TPSA) is 3.24 Å². The van der Waals surface area contributed by atoms with Crippen molar-refractivity contribution in [2.24, 2.45) is 0 Å². The third-order valence-electron chi connectivity index (χ3n) is 2.60. The van der Waals surface area contributed by atoms with E-state index >= 15 is 0 Å². The van der Waals surface area contributed by atoms with Crippen LogP contribution in [0, 0.1) is 0 Å². The van der Waals surface area contributed by atoms with Gasteiger partial charge in [0.25, 0.3) is 0 Å². The molecular weight excluding hydrogens is 146 g/mol. The van der Waals surface area contributed by atoms with Gasteiger partial charge in [0.15, 0.2) is 0 Å². The molecule has 0 aliphatic heterocycles. The van der Waals surface area contributed by atoms with Crippen LogP contribution >= 0.6 is 0 Å². The summed E-state index contributed by atoms with van der Waals surface area (Å²) >= 11 is 0. The van der Waals surface area contributed by atoms with E-state index in [0.29, 0.717) is 0 Å². The normalized spacial score (nSPS) is 14.5. The number of hydrogen-bond acceptors (Lipinski definition) is 1. The summed E-state index contributed by atoms with van der Waals surface area (Å²) in [6, 6.07) is 6.64. The zero-order valence-electron chi connectivity index (χ0n) is 7.80. The summed E-state index contributed by atoms with van der Waals surface area (Å²) in [5.74, 6) is 0. The number of rotatable bonds is 1. The van der Waals surface area contributed by atoms with Crippen molar-refractivity contribution in [2.45, 2.75) is 19.3 Å². The highest BCUT2D eigenvalue weighted by Gasteiger charge is 2.14. The van der Waals surface area contributed by atoms with Crippen LogP contribution in [-0.2, 0) is 12.8 Å². The first-order valence-electron chi connectivity index (χ1n) is 4.57. The van der Waals surface area contributed by atoms with Gasteiger partial charge >= 0.3 is 0 Å². The molecule has 0 spiro atoms. The van der Waals surface area contributed by atoms with Gasteiger partial charge < -0.3 is 4.90 Å². The molecule has 64 valence electrons. The molecule has 1 aliphatic carbocycles. The quantitative estimate of drug-likeness (QED) is 0.610. The van der Waals surface area contributed by atoms with Crippen molar-refractivity contribution >= 4 is 5.69 Å². The predicted octanol–water partition coefficient (Wildman–Crippen LogP) is 2.24. The van der Waals surface area contributed by atoms with E-state index in [2.05, 4.69) is 37.2 Å². The molecule has 0 aromatic heterocycles. The first-order valence-corrected chi connectivity index (χ1v) is 4.57. The van der Waals surface area contributed by atoms with Crippen LogP contribution < -0.4 is 4.90 Å². The second-order valence-corrected chi connectivity index (χ2v) is 3.66. The van der Waals surface area contributed by atoms with E-state index in [1.807, 2.05) is 0 Å². The maximum absolute atomic E-state index is 2.26. The first kappa shape index (κ1) is 7.66. The molecule has 0 unspecified atom stereocenters. The number of aryl methyl sites for hydroxylation is 1. The smallest absolute Gasteiger partial charge is 0.0396 e. The summed E-state index contributed by atoms with van der Waals surface area (Å²) in [5.41, 5.74) is 4.54. The van der Waals surface area contributed by atoms with Gasteiger partial charge in [-0.2, -0.15) is 0 Å². The molecule has 12 heavy (non-hydrogen) atoms. The zero-order valence-corrected chi connectivity index (χ0v) is 7.80. The second kappa shape index (κ2) is 2.81. The Kier molecular flexibility index (Phi) is 1.80. The van der Waals surface area contributed by atoms with E-state index in [1.54, 1.807) is 11.1 Å². The molecule has 0 atom stereocenters. The fraction of sp³-hybridized carbons (Fsp3) is 0.455. The summed E-state index contributed by atoms with van der Waals surface area (Å²) in [4.78, 5) is 2.21. The lowest BCUT2D eigenvalue weighted by Gasteiger charge is -2.16. The van der Waals surface area contributed by atoms with Crippen molar-refractivity contribution in [2.75, 3.05) is 19.0 Å². The largest absolute Gasteiger partial charge is 0.377 e. The lowest BCUT2D eigenvalue weighted by Crippen LogP contribution is -2.10. The van der Waals surface area contributed by atoms with Crippen LogP contribution in [0.5, 0.6) is 0 Å². The summed E-state index contributed by atoms with van der Waals surface area (Å²) in [6.07, 6.45) is 3.88. The number of hydrogen-bond donors (Lipinski definition) is 0. The van der Waals surface area contributed by atoms with Crippen LogP contribution in [0.1, 0.15) is 17.5 Å². The summed E-state index contributed by atoms with van der Waals surface area (Å²) in [6.45, 7) is 0. The van der Waals surface area contributed by atoms with Crippen molar-refractivity contribution in [1.82, 2.24) is 0 Å². The fourth-order valence-electron chi connectivity index (χ4n) is 2.02. The number of benzene rings is 1. The van der Waals surface area contributed by atoms with Gasteiger partial charge in [-0.15, -0.1) is 0 Å². The Morgan fingerprint density at radius 2 is 2.00 bits per heavy atom. The van der Waals surface area contributed by atoms with Gasteiger partial charge in [0.1, 0.15) is 0 Å². The van der Waals surface area contributed by atoms with Crippen LogP contribution in [-0.4, -0.2) is 14.1 Å². The summed E-state index contributed by atoms with van der Waals surface area (Å²) in [7, 11) is 4.24. The Hall–Kier alpha value is -0.980. The lowest BCUT2D eigenvalue weighted by atomic mass is 10.1. The van der Waals surface area contributed by atoms with Crippen LogP contribution in [0.4, 0.5) is 5.69 Å². The van der Waals surface area contributed by atoms with Crippen molar-refractivity contribution < 1.29 is 0 Å². The Labute approximate surface area is 74.0 Å². The highest BCUT2D eigenvalue weighted by molar-refractivity contribution is 5.57. The maximum atomic E-state index is 2.26. The van der Waals surface area contributed by atoms with Gasteiger partial charge in [0, 0.05) is 19.8 Å². The molecular formula is C11H15N. The average Bonchev–Trinajstić information content (AvgIpc) is 2.49. The molecule has 0 N–H and O–H groups in total. The molecule has 0 saturated carbocycles. The van der Waals surface area contributed by atoms with Crippen LogP contribution in [0.2, 0.25) is 0 Å². The van der Waals surface area contributed by atoms with Crippen LogP contribution in [0.15, 0.2) is 18.2 Å². The highest BCUT2D eigenvalue weighted by Crippen LogP contribution is 2.29. The van der Waals surface area contributed by atoms with Gasteiger partial charge in [0.05, 0.1) is 0 Å². The van der Waals surface area contributed by atoms with Crippen molar-refractivity contribution in [3.8, 4) is 0 Å². The molecule has 0 bridgehead atoms. The second-order valence-electron chi connectivity index (χ2n) is 3.66. The molecule has 1 aromatic carbocycles. The SMILES string of the molecule is CN(C)c1cccc2c1CCC2. The van der Waals surface area contributed by atoms with Gasteiger partial charge in [0.2, 0.25) is 0 Å². The average molecular weight is 161 g/mol. The first-order chi connectivity index (χ1) is 5.79. The van der Waals surface area contributed by atoms with Crippen LogP contribution in [0.3, 0.4) is 0 Å². The fourth-order valence-corrected chi connectivity index (χ4v) is 2.02. The highest BCUT2D eigenvalue weighted by atomic mass is 15.1. The molecule has 0 radical (unpaired) electrons. The standard InChI is InChI=1S/C11H15N/c1-12(2)11-8-4-6-9-5-3-7-10(9)11/h4,6,8H,3,5,7H2,1-2H3. The molecule has 1 heteroatoms. The molecule has 1 nitrogen and oxygen atoms in total. The molecule has 0 saturated heterocycles. The van der Waals surface area contributed by atoms with E-state index in [1.165, 1.54) is 24.9 Å². The molecule has 1 aliphatic rings. The lowest BCUT2D eigenvalue weighted by molar-refractivity contribution is 0.909. The maximum Gasteiger partial charge on any atom is 0.0396 e. The Bertz CT molecular complexity index is 289. The monoisotopic (exact) mass is 161 g/mol. The third kappa shape index (κ3) is 1.09. The van der Waals surface area contributed by atoms with Gasteiger partial charge in [-0.05, 0) is 36.5 Å². The van der Waals surface area contributed by atoms with Gasteiger partial charge in [-0.1, -0.05) is 12.1 Å². The van der Waals surface area contributed by atoms with E-state index in [9.17, 15) is 0 Å². The van der Waals surface area contributed by atoms with E-state index in [0.717, 1.165) is 0 Å². The van der Waals surface area contributed by atoms with Gasteiger partial charge in [-0.25, -0.2) is 0 Å². The molecule has 0 heterocycles. The zero-order chi connectivity index (χ0) is 8.55. The number of nitrogens with zero attached hydrogens (tertiary/aromatic N) is 1. The minimum Gasteiger partial charge on any atom is -0.377 e. The van der Waals surface area contributed by atoms with Crippen LogP contribution in [0.25, 0.3) is 0 Å². The Morgan fingerprint density at radius 3 is 2.75 bits per heavy atom. The summed E-state index contributed by atoms with van der Waals surface area (Å²) in [5, 5.41) is 0. The van der Waals surface area contributed by atoms with Gasteiger partial charge in [-0.3, -0.25) is 0 Å². The minimum atomic E-state index is 1.27. The molecule has 0 amide bonds. The number of anilines is 1. The molecule has 0 fully saturated rings. The Balaban J connectivity index is 2.49. The van der Waals surface area contributed by atoms with Crippen molar-refractivity contribution in [3.05, 3.63) is 29.3 Å².